The number of nitrogens with zero attached hydrogens (tertiary/aromatic N) is 1. The third kappa shape index (κ3) is 2.44. The van der Waals surface area contributed by atoms with Crippen LogP contribution in [0.25, 0.3) is 0 Å². The Bertz CT molecular complexity index is 130. The quantitative estimate of drug-likeness (QED) is 0.671. The largest absolute Gasteiger partial charge is 0.380 e. The number of likely N-dealkylation sites (tertiary alicyclic amines) is 1. The van der Waals surface area contributed by atoms with Crippen LogP contribution in [0.5, 0.6) is 0 Å². The van der Waals surface area contributed by atoms with Crippen molar-refractivity contribution in [3.8, 4) is 0 Å². The first-order chi connectivity index (χ1) is 5.77. The highest BCUT2D eigenvalue weighted by molar-refractivity contribution is 4.83. The summed E-state index contributed by atoms with van der Waals surface area (Å²) in [6, 6.07) is 0.204. The molecule has 0 spiro atoms. The van der Waals surface area contributed by atoms with Crippen LogP contribution in [0.1, 0.15) is 19.8 Å². The molecule has 0 aliphatic carbocycles. The second-order valence-corrected chi connectivity index (χ2v) is 3.53. The number of ether oxygens (including phenoxy) is 1. The first kappa shape index (κ1) is 9.96. The summed E-state index contributed by atoms with van der Waals surface area (Å²) in [5, 5.41) is 0. The van der Waals surface area contributed by atoms with Gasteiger partial charge in [0, 0.05) is 26.2 Å². The van der Waals surface area contributed by atoms with Gasteiger partial charge < -0.3 is 15.4 Å². The average Bonchev–Trinajstić information content (AvgIpc) is 2.05. The molecule has 0 unspecified atom stereocenters. The molecule has 3 nitrogen and oxygen atoms in total. The first-order valence-electron chi connectivity index (χ1n) is 4.78. The third-order valence-electron chi connectivity index (χ3n) is 2.52. The molecule has 3 heteroatoms. The minimum Gasteiger partial charge on any atom is -0.380 e. The summed E-state index contributed by atoms with van der Waals surface area (Å²) in [6.07, 6.45) is 2.57. The average molecular weight is 172 g/mol. The van der Waals surface area contributed by atoms with Gasteiger partial charge in [-0.05, 0) is 19.4 Å². The Morgan fingerprint density at radius 2 is 2.33 bits per heavy atom. The summed E-state index contributed by atoms with van der Waals surface area (Å²) in [7, 11) is 1.75. The van der Waals surface area contributed by atoms with Crippen molar-refractivity contribution in [2.75, 3.05) is 26.7 Å². The summed E-state index contributed by atoms with van der Waals surface area (Å²) < 4.78 is 5.28. The standard InChI is InChI=1S/C9H20N2O/c1-3-5-11-6-4-9(12-2)8(10)7-11/h8-9H,3-7,10H2,1-2H3/t8-,9+/m0/s1. The Hall–Kier alpha value is -0.120. The van der Waals surface area contributed by atoms with Crippen molar-refractivity contribution < 1.29 is 4.74 Å². The maximum Gasteiger partial charge on any atom is 0.0746 e. The molecule has 0 saturated carbocycles. The Morgan fingerprint density at radius 1 is 1.58 bits per heavy atom. The SMILES string of the molecule is CCCN1CC[C@@H](OC)[C@@H](N)C1. The monoisotopic (exact) mass is 172 g/mol. The lowest BCUT2D eigenvalue weighted by atomic mass is 10.0. The Morgan fingerprint density at radius 3 is 2.83 bits per heavy atom. The number of hydrogen-bond donors (Lipinski definition) is 1. The van der Waals surface area contributed by atoms with Gasteiger partial charge in [0.2, 0.25) is 0 Å². The van der Waals surface area contributed by atoms with Gasteiger partial charge in [0.25, 0.3) is 0 Å². The van der Waals surface area contributed by atoms with E-state index in [0.717, 1.165) is 19.5 Å². The van der Waals surface area contributed by atoms with Crippen molar-refractivity contribution in [1.29, 1.82) is 0 Å². The molecule has 72 valence electrons. The molecule has 1 aliphatic heterocycles. The fourth-order valence-corrected chi connectivity index (χ4v) is 1.84. The molecule has 0 bridgehead atoms. The fraction of sp³-hybridized carbons (Fsp3) is 1.00. The van der Waals surface area contributed by atoms with Crippen molar-refractivity contribution in [3.05, 3.63) is 0 Å². The van der Waals surface area contributed by atoms with E-state index in [2.05, 4.69) is 11.8 Å². The van der Waals surface area contributed by atoms with Crippen LogP contribution in [0.3, 0.4) is 0 Å². The van der Waals surface area contributed by atoms with E-state index in [9.17, 15) is 0 Å². The van der Waals surface area contributed by atoms with Crippen molar-refractivity contribution in [2.45, 2.75) is 31.9 Å². The van der Waals surface area contributed by atoms with Crippen LogP contribution in [0.4, 0.5) is 0 Å². The summed E-state index contributed by atoms with van der Waals surface area (Å²) in [5.41, 5.74) is 5.94. The van der Waals surface area contributed by atoms with Crippen LogP contribution in [0, 0.1) is 0 Å². The van der Waals surface area contributed by atoms with E-state index in [1.54, 1.807) is 7.11 Å². The molecule has 1 saturated heterocycles. The highest BCUT2D eigenvalue weighted by Gasteiger charge is 2.25. The summed E-state index contributed by atoms with van der Waals surface area (Å²) in [4.78, 5) is 2.42. The normalized spacial score (nSPS) is 32.2. The molecule has 0 aromatic heterocycles. The topological polar surface area (TPSA) is 38.5 Å². The second-order valence-electron chi connectivity index (χ2n) is 3.53. The molecule has 1 heterocycles. The summed E-state index contributed by atoms with van der Waals surface area (Å²) >= 11 is 0. The minimum atomic E-state index is 0.204. The van der Waals surface area contributed by atoms with Crippen LogP contribution in [0.2, 0.25) is 0 Å². The molecular weight excluding hydrogens is 152 g/mol. The van der Waals surface area contributed by atoms with Crippen LogP contribution in [-0.4, -0.2) is 43.8 Å². The predicted octanol–water partition coefficient (Wildman–Crippen LogP) is 0.444. The number of rotatable bonds is 3. The molecule has 1 aliphatic rings. The van der Waals surface area contributed by atoms with Gasteiger partial charge in [-0.3, -0.25) is 0 Å². The lowest BCUT2D eigenvalue weighted by Gasteiger charge is -2.35. The molecule has 12 heavy (non-hydrogen) atoms. The van der Waals surface area contributed by atoms with E-state index in [4.69, 9.17) is 10.5 Å². The Balaban J connectivity index is 2.30. The molecule has 0 aromatic carbocycles. The molecular formula is C9H20N2O. The van der Waals surface area contributed by atoms with E-state index in [-0.39, 0.29) is 12.1 Å². The van der Waals surface area contributed by atoms with Crippen molar-refractivity contribution >= 4 is 0 Å². The molecule has 2 atom stereocenters. The molecule has 1 rings (SSSR count). The maximum absolute atomic E-state index is 5.94. The molecule has 0 radical (unpaired) electrons. The van der Waals surface area contributed by atoms with E-state index < -0.39 is 0 Å². The van der Waals surface area contributed by atoms with Crippen LogP contribution in [0.15, 0.2) is 0 Å². The number of nitrogens with two attached hydrogens (primary N) is 1. The molecule has 1 fully saturated rings. The predicted molar refractivity (Wildman–Crippen MR) is 50.1 cm³/mol. The number of methoxy groups -OCH3 is 1. The Labute approximate surface area is 74.9 Å². The zero-order chi connectivity index (χ0) is 8.97. The van der Waals surface area contributed by atoms with E-state index in [0.29, 0.717) is 0 Å². The van der Waals surface area contributed by atoms with E-state index in [1.165, 1.54) is 13.0 Å². The van der Waals surface area contributed by atoms with Crippen LogP contribution >= 0.6 is 0 Å². The highest BCUT2D eigenvalue weighted by atomic mass is 16.5. The lowest BCUT2D eigenvalue weighted by Crippen LogP contribution is -2.52. The van der Waals surface area contributed by atoms with Gasteiger partial charge in [-0.15, -0.1) is 0 Å². The van der Waals surface area contributed by atoms with E-state index >= 15 is 0 Å². The van der Waals surface area contributed by atoms with Crippen molar-refractivity contribution in [1.82, 2.24) is 4.90 Å². The first-order valence-corrected chi connectivity index (χ1v) is 4.78. The number of hydrogen-bond acceptors (Lipinski definition) is 3. The van der Waals surface area contributed by atoms with Gasteiger partial charge in [0.15, 0.2) is 0 Å². The van der Waals surface area contributed by atoms with Gasteiger partial charge in [-0.1, -0.05) is 6.92 Å². The molecule has 0 amide bonds. The van der Waals surface area contributed by atoms with Crippen molar-refractivity contribution in [2.24, 2.45) is 5.73 Å². The maximum atomic E-state index is 5.94. The highest BCUT2D eigenvalue weighted by Crippen LogP contribution is 2.11. The van der Waals surface area contributed by atoms with E-state index in [1.807, 2.05) is 0 Å². The third-order valence-corrected chi connectivity index (χ3v) is 2.52. The second kappa shape index (κ2) is 4.80. The van der Waals surface area contributed by atoms with Gasteiger partial charge in [-0.2, -0.15) is 0 Å². The zero-order valence-electron chi connectivity index (χ0n) is 8.12. The van der Waals surface area contributed by atoms with Crippen LogP contribution < -0.4 is 5.73 Å². The summed E-state index contributed by atoms with van der Waals surface area (Å²) in [5.74, 6) is 0. The number of piperidine rings is 1. The van der Waals surface area contributed by atoms with Crippen LogP contribution in [-0.2, 0) is 4.74 Å². The Kier molecular flexibility index (Phi) is 3.98. The molecule has 2 N–H and O–H groups in total. The van der Waals surface area contributed by atoms with Crippen molar-refractivity contribution in [3.63, 3.8) is 0 Å². The van der Waals surface area contributed by atoms with Gasteiger partial charge >= 0.3 is 0 Å². The minimum absolute atomic E-state index is 0.204. The lowest BCUT2D eigenvalue weighted by molar-refractivity contribution is 0.0246. The summed E-state index contributed by atoms with van der Waals surface area (Å²) in [6.45, 7) is 5.50. The van der Waals surface area contributed by atoms with Gasteiger partial charge in [-0.25, -0.2) is 0 Å². The smallest absolute Gasteiger partial charge is 0.0746 e. The van der Waals surface area contributed by atoms with Gasteiger partial charge in [0.05, 0.1) is 6.10 Å². The van der Waals surface area contributed by atoms with Gasteiger partial charge in [0.1, 0.15) is 0 Å². The fourth-order valence-electron chi connectivity index (χ4n) is 1.84. The zero-order valence-corrected chi connectivity index (χ0v) is 8.12. The molecule has 0 aromatic rings.